The Labute approximate surface area is 263 Å². The van der Waals surface area contributed by atoms with Gasteiger partial charge < -0.3 is 16.0 Å². The summed E-state index contributed by atoms with van der Waals surface area (Å²) in [5.74, 6) is -0.533. The molecule has 9 heteroatoms. The molecular weight excluding hydrogens is 572 g/mol. The lowest BCUT2D eigenvalue weighted by molar-refractivity contribution is -0.122. The largest absolute Gasteiger partial charge is 0.353 e. The van der Waals surface area contributed by atoms with E-state index in [1.165, 1.54) is 24.3 Å². The minimum absolute atomic E-state index is 0.00116. The topological polar surface area (TPSA) is 86.4 Å². The van der Waals surface area contributed by atoms with Crippen LogP contribution in [0.15, 0.2) is 84.9 Å². The number of rotatable bonds is 8. The number of hydrogen-bond acceptors (Lipinski definition) is 5. The molecule has 2 saturated heterocycles. The summed E-state index contributed by atoms with van der Waals surface area (Å²) in [6.07, 6.45) is 4.45. The third-order valence-electron chi connectivity index (χ3n) is 8.25. The highest BCUT2D eigenvalue weighted by molar-refractivity contribution is 5.79. The van der Waals surface area contributed by atoms with Gasteiger partial charge in [-0.15, -0.1) is 0 Å². The van der Waals surface area contributed by atoms with Gasteiger partial charge in [-0.05, 0) is 86.3 Å². The Morgan fingerprint density at radius 2 is 1.24 bits per heavy atom. The van der Waals surface area contributed by atoms with Crippen molar-refractivity contribution in [3.63, 3.8) is 0 Å². The summed E-state index contributed by atoms with van der Waals surface area (Å²) in [4.78, 5) is 31.1. The number of halogens is 2. The summed E-state index contributed by atoms with van der Waals surface area (Å²) in [7, 11) is 0. The fourth-order valence-electron chi connectivity index (χ4n) is 5.76. The minimum atomic E-state index is -0.280. The number of amides is 2. The van der Waals surface area contributed by atoms with Crippen LogP contribution in [0.25, 0.3) is 10.9 Å². The van der Waals surface area contributed by atoms with E-state index in [1.807, 2.05) is 18.2 Å². The lowest BCUT2D eigenvalue weighted by Gasteiger charge is -2.32. The Morgan fingerprint density at radius 1 is 0.711 bits per heavy atom. The molecule has 1 aromatic heterocycles. The van der Waals surface area contributed by atoms with Gasteiger partial charge in [0.2, 0.25) is 11.8 Å². The van der Waals surface area contributed by atoms with Crippen molar-refractivity contribution < 1.29 is 18.4 Å². The van der Waals surface area contributed by atoms with Crippen molar-refractivity contribution in [2.45, 2.75) is 57.2 Å². The SMILES string of the molecule is O=C(Cc1ccc(F)cc1)NC1CCN(Cc2ccc3ccccc3n2)CC1.O=C(Cc1ccc(F)cc1)NC1CCNCC1. The summed E-state index contributed by atoms with van der Waals surface area (Å²) in [5, 5.41) is 10.5. The first-order valence-corrected chi connectivity index (χ1v) is 15.7. The second kappa shape index (κ2) is 16.2. The number of nitrogens with one attached hydrogen (secondary N) is 3. The number of fused-ring (bicyclic) bond motifs is 1. The molecule has 0 atom stereocenters. The molecule has 3 heterocycles. The Balaban J connectivity index is 0.000000201. The predicted octanol–water partition coefficient (Wildman–Crippen LogP) is 4.93. The average molecular weight is 614 g/mol. The molecule has 0 radical (unpaired) electrons. The summed E-state index contributed by atoms with van der Waals surface area (Å²) < 4.78 is 25.6. The zero-order chi connectivity index (χ0) is 31.4. The summed E-state index contributed by atoms with van der Waals surface area (Å²) in [5.41, 5.74) is 3.79. The van der Waals surface area contributed by atoms with Crippen molar-refractivity contribution in [1.29, 1.82) is 0 Å². The number of likely N-dealkylation sites (tertiary alicyclic amines) is 1. The molecule has 0 aliphatic carbocycles. The second-order valence-electron chi connectivity index (χ2n) is 11.8. The van der Waals surface area contributed by atoms with E-state index in [9.17, 15) is 18.4 Å². The van der Waals surface area contributed by atoms with E-state index >= 15 is 0 Å². The van der Waals surface area contributed by atoms with E-state index in [0.717, 1.165) is 86.1 Å². The van der Waals surface area contributed by atoms with E-state index in [1.54, 1.807) is 24.3 Å². The molecule has 45 heavy (non-hydrogen) atoms. The maximum absolute atomic E-state index is 13.0. The molecule has 3 aromatic carbocycles. The summed E-state index contributed by atoms with van der Waals surface area (Å²) in [6.45, 7) is 4.63. The van der Waals surface area contributed by atoms with E-state index in [-0.39, 0.29) is 35.5 Å². The Hall–Kier alpha value is -4.21. The van der Waals surface area contributed by atoms with Crippen molar-refractivity contribution in [1.82, 2.24) is 25.8 Å². The lowest BCUT2D eigenvalue weighted by atomic mass is 10.0. The maximum atomic E-state index is 13.0. The number of aromatic nitrogens is 1. The van der Waals surface area contributed by atoms with E-state index in [0.29, 0.717) is 12.8 Å². The molecule has 0 saturated carbocycles. The quantitative estimate of drug-likeness (QED) is 0.262. The monoisotopic (exact) mass is 613 g/mol. The van der Waals surface area contributed by atoms with Crippen LogP contribution in [0, 0.1) is 11.6 Å². The van der Waals surface area contributed by atoms with Crippen LogP contribution in [-0.4, -0.2) is 60.0 Å². The van der Waals surface area contributed by atoms with Gasteiger partial charge >= 0.3 is 0 Å². The van der Waals surface area contributed by atoms with Crippen LogP contribution in [0.4, 0.5) is 8.78 Å². The molecule has 0 unspecified atom stereocenters. The van der Waals surface area contributed by atoms with Crippen LogP contribution in [-0.2, 0) is 29.0 Å². The number of pyridine rings is 1. The van der Waals surface area contributed by atoms with Crippen molar-refractivity contribution >= 4 is 22.7 Å². The molecular formula is C36H41F2N5O2. The van der Waals surface area contributed by atoms with Gasteiger partial charge in [0.25, 0.3) is 0 Å². The molecule has 236 valence electrons. The fraction of sp³-hybridized carbons (Fsp3) is 0.361. The van der Waals surface area contributed by atoms with Gasteiger partial charge in [0, 0.05) is 37.1 Å². The zero-order valence-corrected chi connectivity index (χ0v) is 25.5. The smallest absolute Gasteiger partial charge is 0.224 e. The van der Waals surface area contributed by atoms with E-state index < -0.39 is 0 Å². The molecule has 2 aliphatic rings. The van der Waals surface area contributed by atoms with Gasteiger partial charge in [0.15, 0.2) is 0 Å². The number of carbonyl (C=O) groups is 2. The minimum Gasteiger partial charge on any atom is -0.353 e. The van der Waals surface area contributed by atoms with Crippen molar-refractivity contribution in [3.8, 4) is 0 Å². The number of para-hydroxylation sites is 1. The van der Waals surface area contributed by atoms with Crippen molar-refractivity contribution in [2.24, 2.45) is 0 Å². The predicted molar refractivity (Wildman–Crippen MR) is 172 cm³/mol. The van der Waals surface area contributed by atoms with E-state index in [2.05, 4.69) is 39.0 Å². The van der Waals surface area contributed by atoms with Gasteiger partial charge in [0.1, 0.15) is 11.6 Å². The first-order valence-electron chi connectivity index (χ1n) is 15.7. The van der Waals surface area contributed by atoms with Crippen LogP contribution in [0.5, 0.6) is 0 Å². The third kappa shape index (κ3) is 10.4. The van der Waals surface area contributed by atoms with Gasteiger partial charge in [-0.2, -0.15) is 0 Å². The van der Waals surface area contributed by atoms with Crippen molar-refractivity contribution in [2.75, 3.05) is 26.2 Å². The first-order chi connectivity index (χ1) is 21.9. The highest BCUT2D eigenvalue weighted by Gasteiger charge is 2.21. The van der Waals surface area contributed by atoms with Crippen LogP contribution in [0.2, 0.25) is 0 Å². The highest BCUT2D eigenvalue weighted by Crippen LogP contribution is 2.17. The maximum Gasteiger partial charge on any atom is 0.224 e. The van der Waals surface area contributed by atoms with Crippen LogP contribution < -0.4 is 16.0 Å². The molecule has 6 rings (SSSR count). The molecule has 7 nitrogen and oxygen atoms in total. The third-order valence-corrected chi connectivity index (χ3v) is 8.25. The summed E-state index contributed by atoms with van der Waals surface area (Å²) in [6, 6.07) is 25.0. The number of hydrogen-bond donors (Lipinski definition) is 3. The average Bonchev–Trinajstić information content (AvgIpc) is 3.05. The van der Waals surface area contributed by atoms with Gasteiger partial charge in [-0.1, -0.05) is 48.5 Å². The molecule has 3 N–H and O–H groups in total. The summed E-state index contributed by atoms with van der Waals surface area (Å²) >= 11 is 0. The van der Waals surface area contributed by atoms with Gasteiger partial charge in [-0.3, -0.25) is 19.5 Å². The Bertz CT molecular complexity index is 1530. The fourth-order valence-corrected chi connectivity index (χ4v) is 5.76. The number of piperidine rings is 2. The standard InChI is InChI=1S/C23H24FN3O.C13H17FN2O/c24-19-8-5-17(6-9-19)15-23(28)26-20-11-13-27(14-12-20)16-21-10-7-18-3-1-2-4-22(18)25-21;14-11-3-1-10(2-4-11)9-13(17)16-12-5-7-15-8-6-12/h1-10,20H,11-16H2,(H,26,28);1-4,12,15H,5-9H2,(H,16,17). The molecule has 2 amide bonds. The Morgan fingerprint density at radius 3 is 1.82 bits per heavy atom. The number of benzene rings is 3. The van der Waals surface area contributed by atoms with Gasteiger partial charge in [-0.25, -0.2) is 8.78 Å². The molecule has 2 fully saturated rings. The van der Waals surface area contributed by atoms with Crippen molar-refractivity contribution in [3.05, 3.63) is 113 Å². The first kappa shape index (κ1) is 32.2. The van der Waals surface area contributed by atoms with Crippen LogP contribution in [0.1, 0.15) is 42.5 Å². The second-order valence-corrected chi connectivity index (χ2v) is 11.8. The Kier molecular flexibility index (Phi) is 11.6. The zero-order valence-electron chi connectivity index (χ0n) is 25.5. The molecule has 0 spiro atoms. The highest BCUT2D eigenvalue weighted by atomic mass is 19.1. The lowest BCUT2D eigenvalue weighted by Crippen LogP contribution is -2.44. The number of nitrogens with zero attached hydrogens (tertiary/aromatic N) is 2. The molecule has 2 aliphatic heterocycles. The molecule has 4 aromatic rings. The normalized spacial score (nSPS) is 16.0. The van der Waals surface area contributed by atoms with Crippen LogP contribution in [0.3, 0.4) is 0 Å². The van der Waals surface area contributed by atoms with E-state index in [4.69, 9.17) is 4.98 Å². The van der Waals surface area contributed by atoms with Gasteiger partial charge in [0.05, 0.1) is 24.1 Å². The molecule has 0 bridgehead atoms. The number of carbonyl (C=O) groups excluding carboxylic acids is 2. The van der Waals surface area contributed by atoms with Crippen LogP contribution >= 0.6 is 0 Å².